The van der Waals surface area contributed by atoms with Crippen molar-refractivity contribution < 1.29 is 14.0 Å². The molecular formula is C12H25NO3Si. The fraction of sp³-hybridized carbons (Fsp3) is 0.917. The molecule has 0 bridgehead atoms. The lowest BCUT2D eigenvalue weighted by atomic mass is 10.0. The quantitative estimate of drug-likeness (QED) is 0.623. The molecule has 0 amide bonds. The van der Waals surface area contributed by atoms with Crippen LogP contribution in [0.1, 0.15) is 27.7 Å². The van der Waals surface area contributed by atoms with E-state index in [9.17, 15) is 4.79 Å². The van der Waals surface area contributed by atoms with Gasteiger partial charge < -0.3 is 9.16 Å². The van der Waals surface area contributed by atoms with Crippen LogP contribution < -0.4 is 5.32 Å². The average molecular weight is 259 g/mol. The Morgan fingerprint density at radius 3 is 2.53 bits per heavy atom. The van der Waals surface area contributed by atoms with E-state index < -0.39 is 8.32 Å². The molecule has 2 atom stereocenters. The third kappa shape index (κ3) is 3.53. The highest BCUT2D eigenvalue weighted by atomic mass is 28.4. The van der Waals surface area contributed by atoms with Gasteiger partial charge in [0.1, 0.15) is 6.73 Å². The monoisotopic (exact) mass is 259 g/mol. The molecule has 1 aliphatic rings. The van der Waals surface area contributed by atoms with Gasteiger partial charge in [-0.15, -0.1) is 0 Å². The summed E-state index contributed by atoms with van der Waals surface area (Å²) >= 11 is 0. The van der Waals surface area contributed by atoms with Crippen LogP contribution in [0.2, 0.25) is 18.1 Å². The first-order valence-electron chi connectivity index (χ1n) is 6.20. The zero-order chi connectivity index (χ0) is 13.3. The molecule has 4 nitrogen and oxygen atoms in total. The van der Waals surface area contributed by atoms with Gasteiger partial charge in [-0.3, -0.25) is 10.1 Å². The molecule has 17 heavy (non-hydrogen) atoms. The van der Waals surface area contributed by atoms with E-state index >= 15 is 0 Å². The van der Waals surface area contributed by atoms with Gasteiger partial charge in [-0.1, -0.05) is 20.8 Å². The van der Waals surface area contributed by atoms with Crippen LogP contribution in [0.25, 0.3) is 0 Å². The molecule has 0 saturated carbocycles. The van der Waals surface area contributed by atoms with E-state index in [-0.39, 0.29) is 23.0 Å². The minimum Gasteiger partial charge on any atom is -0.449 e. The van der Waals surface area contributed by atoms with Crippen molar-refractivity contribution in [3.63, 3.8) is 0 Å². The average Bonchev–Trinajstić information content (AvgIpc) is 2.15. The first-order chi connectivity index (χ1) is 7.65. The van der Waals surface area contributed by atoms with E-state index in [0.717, 1.165) is 0 Å². The second-order valence-electron chi connectivity index (χ2n) is 6.25. The highest BCUT2D eigenvalue weighted by Crippen LogP contribution is 2.38. The Bertz CT molecular complexity index is 286. The van der Waals surface area contributed by atoms with E-state index in [4.69, 9.17) is 9.16 Å². The largest absolute Gasteiger partial charge is 0.449 e. The lowest BCUT2D eigenvalue weighted by molar-refractivity contribution is -0.157. The molecular weight excluding hydrogens is 234 g/mol. The van der Waals surface area contributed by atoms with Gasteiger partial charge in [0.25, 0.3) is 0 Å². The van der Waals surface area contributed by atoms with Gasteiger partial charge in [-0.25, -0.2) is 0 Å². The predicted molar refractivity (Wildman–Crippen MR) is 70.2 cm³/mol. The summed E-state index contributed by atoms with van der Waals surface area (Å²) < 4.78 is 11.2. The minimum atomic E-state index is -1.82. The van der Waals surface area contributed by atoms with Crippen molar-refractivity contribution in [2.75, 3.05) is 13.3 Å². The minimum absolute atomic E-state index is 0.0869. The Kier molecular flexibility index (Phi) is 4.38. The highest BCUT2D eigenvalue weighted by molar-refractivity contribution is 6.74. The van der Waals surface area contributed by atoms with E-state index in [2.05, 4.69) is 39.2 Å². The molecule has 0 radical (unpaired) electrons. The van der Waals surface area contributed by atoms with Crippen LogP contribution in [-0.4, -0.2) is 33.7 Å². The Labute approximate surface area is 105 Å². The van der Waals surface area contributed by atoms with Gasteiger partial charge in [0.2, 0.25) is 0 Å². The van der Waals surface area contributed by atoms with Gasteiger partial charge >= 0.3 is 5.97 Å². The third-order valence-electron chi connectivity index (χ3n) is 3.84. The van der Waals surface area contributed by atoms with Gasteiger partial charge in [-0.2, -0.15) is 0 Å². The molecule has 1 heterocycles. The van der Waals surface area contributed by atoms with Crippen molar-refractivity contribution >= 4 is 14.3 Å². The normalized spacial score (nSPS) is 24.4. The van der Waals surface area contributed by atoms with Crippen LogP contribution in [-0.2, 0) is 14.0 Å². The number of hydrogen-bond donors (Lipinski definition) is 1. The van der Waals surface area contributed by atoms with Crippen molar-refractivity contribution in [1.29, 1.82) is 0 Å². The van der Waals surface area contributed by atoms with Crippen LogP contribution in [0.15, 0.2) is 0 Å². The smallest absolute Gasteiger partial charge is 0.314 e. The van der Waals surface area contributed by atoms with E-state index in [1.807, 2.05) is 6.92 Å². The lowest BCUT2D eigenvalue weighted by Gasteiger charge is -2.40. The van der Waals surface area contributed by atoms with Gasteiger partial charge in [0, 0.05) is 6.54 Å². The number of cyclic esters (lactones) is 1. The molecule has 0 aromatic heterocycles. The number of carbonyl (C=O) groups is 1. The van der Waals surface area contributed by atoms with E-state index in [1.165, 1.54) is 0 Å². The van der Waals surface area contributed by atoms with Crippen molar-refractivity contribution in [3.8, 4) is 0 Å². The summed E-state index contributed by atoms with van der Waals surface area (Å²) in [5, 5.41) is 3.22. The molecule has 0 aromatic carbocycles. The number of hydrogen-bond acceptors (Lipinski definition) is 4. The molecule has 5 heteroatoms. The molecule has 1 aliphatic heterocycles. The Balaban J connectivity index is 2.65. The number of rotatable bonds is 3. The van der Waals surface area contributed by atoms with Gasteiger partial charge in [0.05, 0.1) is 12.0 Å². The molecule has 1 fully saturated rings. The maximum atomic E-state index is 11.6. The number of carbonyl (C=O) groups excluding carboxylic acids is 1. The van der Waals surface area contributed by atoms with Crippen molar-refractivity contribution in [3.05, 3.63) is 0 Å². The van der Waals surface area contributed by atoms with Crippen molar-refractivity contribution in [2.45, 2.75) is 51.9 Å². The molecule has 1 saturated heterocycles. The second kappa shape index (κ2) is 5.08. The standard InChI is InChI=1S/C12H25NO3Si/c1-9(10-7-13-8-15-11(10)14)16-17(5,6)12(2,3)4/h9-10,13H,7-8H2,1-6H3/t9-,10-/m0/s1. The Morgan fingerprint density at radius 1 is 1.47 bits per heavy atom. The zero-order valence-corrected chi connectivity index (χ0v) is 12.8. The summed E-state index contributed by atoms with van der Waals surface area (Å²) in [6, 6.07) is 0. The zero-order valence-electron chi connectivity index (χ0n) is 11.8. The fourth-order valence-electron chi connectivity index (χ4n) is 1.61. The van der Waals surface area contributed by atoms with Crippen LogP contribution in [0.4, 0.5) is 0 Å². The molecule has 1 rings (SSSR count). The van der Waals surface area contributed by atoms with Crippen molar-refractivity contribution in [2.24, 2.45) is 5.92 Å². The third-order valence-corrected chi connectivity index (χ3v) is 8.41. The predicted octanol–water partition coefficient (Wildman–Crippen LogP) is 2.12. The van der Waals surface area contributed by atoms with Crippen LogP contribution in [0.5, 0.6) is 0 Å². The first-order valence-corrected chi connectivity index (χ1v) is 9.11. The summed E-state index contributed by atoms with van der Waals surface area (Å²) in [5.74, 6) is -0.326. The van der Waals surface area contributed by atoms with Crippen LogP contribution >= 0.6 is 0 Å². The maximum absolute atomic E-state index is 11.6. The SMILES string of the molecule is C[C@H](O[Si](C)(C)C(C)(C)C)[C@@H]1CNCOC1=O. The van der Waals surface area contributed by atoms with Crippen LogP contribution in [0, 0.1) is 5.92 Å². The number of esters is 1. The number of ether oxygens (including phenoxy) is 1. The number of nitrogens with one attached hydrogen (secondary N) is 1. The highest BCUT2D eigenvalue weighted by Gasteiger charge is 2.41. The molecule has 100 valence electrons. The van der Waals surface area contributed by atoms with Gasteiger partial charge in [-0.05, 0) is 25.1 Å². The fourth-order valence-corrected chi connectivity index (χ4v) is 3.06. The maximum Gasteiger partial charge on any atom is 0.314 e. The molecule has 0 aliphatic carbocycles. The molecule has 1 N–H and O–H groups in total. The summed E-state index contributed by atoms with van der Waals surface area (Å²) in [6.45, 7) is 13.9. The molecule has 0 aromatic rings. The summed E-state index contributed by atoms with van der Waals surface area (Å²) in [5.41, 5.74) is 0. The Hall–Kier alpha value is -0.393. The first kappa shape index (κ1) is 14.7. The topological polar surface area (TPSA) is 47.6 Å². The van der Waals surface area contributed by atoms with Crippen molar-refractivity contribution in [1.82, 2.24) is 5.32 Å². The Morgan fingerprint density at radius 2 is 2.06 bits per heavy atom. The van der Waals surface area contributed by atoms with E-state index in [1.54, 1.807) is 0 Å². The second-order valence-corrected chi connectivity index (χ2v) is 11.0. The summed E-state index contributed by atoms with van der Waals surface area (Å²) in [4.78, 5) is 11.6. The van der Waals surface area contributed by atoms with E-state index in [0.29, 0.717) is 13.3 Å². The summed E-state index contributed by atoms with van der Waals surface area (Å²) in [6.07, 6.45) is -0.0869. The van der Waals surface area contributed by atoms with Crippen LogP contribution in [0.3, 0.4) is 0 Å². The lowest BCUT2D eigenvalue weighted by Crippen LogP contribution is -2.50. The molecule has 0 unspecified atom stereocenters. The van der Waals surface area contributed by atoms with Gasteiger partial charge in [0.15, 0.2) is 8.32 Å². The summed E-state index contributed by atoms with van der Waals surface area (Å²) in [7, 11) is -1.82. The molecule has 0 spiro atoms.